The number of nitrogens with two attached hydrogens (primary N) is 1. The molecule has 0 saturated heterocycles. The van der Waals surface area contributed by atoms with Crippen molar-refractivity contribution >= 4 is 0 Å². The van der Waals surface area contributed by atoms with E-state index in [0.29, 0.717) is 0 Å². The van der Waals surface area contributed by atoms with E-state index in [1.54, 1.807) is 0 Å². The summed E-state index contributed by atoms with van der Waals surface area (Å²) >= 11 is 0. The second kappa shape index (κ2) is 4.86. The number of rotatable bonds is 3. The summed E-state index contributed by atoms with van der Waals surface area (Å²) in [7, 11) is 0. The Hall–Kier alpha value is -0.980. The minimum atomic E-state index is 0.778. The van der Waals surface area contributed by atoms with Crippen LogP contribution in [0.3, 0.4) is 0 Å². The fourth-order valence-electron chi connectivity index (χ4n) is 0.522. The van der Waals surface area contributed by atoms with Gasteiger partial charge in [-0.25, -0.2) is 0 Å². The number of hydrogen-bond donors (Lipinski definition) is 1. The van der Waals surface area contributed by atoms with Crippen LogP contribution >= 0.6 is 0 Å². The molecular weight excluding hydrogens is 122 g/mol. The van der Waals surface area contributed by atoms with Crippen molar-refractivity contribution in [2.24, 2.45) is 5.73 Å². The minimum Gasteiger partial charge on any atom is -0.399 e. The van der Waals surface area contributed by atoms with Gasteiger partial charge in [0.15, 0.2) is 0 Å². The van der Waals surface area contributed by atoms with Crippen molar-refractivity contribution in [2.75, 3.05) is 0 Å². The topological polar surface area (TPSA) is 26.0 Å². The van der Waals surface area contributed by atoms with E-state index in [9.17, 15) is 0 Å². The van der Waals surface area contributed by atoms with Gasteiger partial charge < -0.3 is 5.73 Å². The van der Waals surface area contributed by atoms with E-state index in [2.05, 4.69) is 6.58 Å². The predicted molar refractivity (Wildman–Crippen MR) is 46.5 cm³/mol. The highest BCUT2D eigenvalue weighted by Gasteiger charge is 1.90. The SMILES string of the molecule is C=C(CC)/C(N)=C\C=C/C. The van der Waals surface area contributed by atoms with Gasteiger partial charge in [0.25, 0.3) is 0 Å². The molecule has 0 fully saturated rings. The van der Waals surface area contributed by atoms with Gasteiger partial charge in [-0.3, -0.25) is 0 Å². The highest BCUT2D eigenvalue weighted by atomic mass is 14.6. The Labute approximate surface area is 62.9 Å². The molecule has 56 valence electrons. The van der Waals surface area contributed by atoms with E-state index < -0.39 is 0 Å². The molecule has 0 amide bonds. The minimum absolute atomic E-state index is 0.778. The zero-order chi connectivity index (χ0) is 7.98. The van der Waals surface area contributed by atoms with Gasteiger partial charge in [-0.05, 0) is 25.0 Å². The van der Waals surface area contributed by atoms with E-state index in [1.165, 1.54) is 0 Å². The standard InChI is InChI=1S/C9H15N/c1-4-6-7-9(10)8(3)5-2/h4,6-7H,3,5,10H2,1-2H3/b6-4-,9-7+. The third kappa shape index (κ3) is 3.13. The molecule has 0 spiro atoms. The van der Waals surface area contributed by atoms with Gasteiger partial charge in [-0.2, -0.15) is 0 Å². The Balaban J connectivity index is 4.05. The fraction of sp³-hybridized carbons (Fsp3) is 0.333. The third-order valence-electron chi connectivity index (χ3n) is 1.30. The molecule has 2 N–H and O–H groups in total. The first kappa shape index (κ1) is 9.02. The molecule has 0 atom stereocenters. The van der Waals surface area contributed by atoms with Crippen molar-refractivity contribution in [3.05, 3.63) is 36.1 Å². The fourth-order valence-corrected chi connectivity index (χ4v) is 0.522. The van der Waals surface area contributed by atoms with E-state index in [0.717, 1.165) is 17.7 Å². The Morgan fingerprint density at radius 2 is 2.20 bits per heavy atom. The summed E-state index contributed by atoms with van der Waals surface area (Å²) in [6.07, 6.45) is 6.64. The van der Waals surface area contributed by atoms with Gasteiger partial charge in [0.05, 0.1) is 0 Å². The molecular formula is C9H15N. The van der Waals surface area contributed by atoms with Crippen LogP contribution in [0.2, 0.25) is 0 Å². The van der Waals surface area contributed by atoms with Crippen molar-refractivity contribution in [3.63, 3.8) is 0 Å². The van der Waals surface area contributed by atoms with E-state index >= 15 is 0 Å². The molecule has 0 radical (unpaired) electrons. The number of hydrogen-bond acceptors (Lipinski definition) is 1. The molecule has 0 heterocycles. The van der Waals surface area contributed by atoms with Crippen molar-refractivity contribution < 1.29 is 0 Å². The van der Waals surface area contributed by atoms with Crippen molar-refractivity contribution in [1.82, 2.24) is 0 Å². The molecule has 0 bridgehead atoms. The van der Waals surface area contributed by atoms with Crippen molar-refractivity contribution in [3.8, 4) is 0 Å². The van der Waals surface area contributed by atoms with Crippen LogP contribution in [0, 0.1) is 0 Å². The summed E-state index contributed by atoms with van der Waals surface area (Å²) in [5, 5.41) is 0. The van der Waals surface area contributed by atoms with Crippen LogP contribution in [-0.4, -0.2) is 0 Å². The summed E-state index contributed by atoms with van der Waals surface area (Å²) in [5.74, 6) is 0. The summed E-state index contributed by atoms with van der Waals surface area (Å²) in [5.41, 5.74) is 7.40. The second-order valence-corrected chi connectivity index (χ2v) is 2.10. The van der Waals surface area contributed by atoms with E-state index in [1.807, 2.05) is 32.1 Å². The Bertz CT molecular complexity index is 164. The summed E-state index contributed by atoms with van der Waals surface area (Å²) in [6, 6.07) is 0. The molecule has 0 aromatic carbocycles. The van der Waals surface area contributed by atoms with Crippen molar-refractivity contribution in [2.45, 2.75) is 20.3 Å². The zero-order valence-corrected chi connectivity index (χ0v) is 6.72. The molecule has 0 aromatic heterocycles. The van der Waals surface area contributed by atoms with Crippen LogP contribution in [0.4, 0.5) is 0 Å². The maximum atomic E-state index is 5.62. The van der Waals surface area contributed by atoms with Crippen molar-refractivity contribution in [1.29, 1.82) is 0 Å². The van der Waals surface area contributed by atoms with E-state index in [-0.39, 0.29) is 0 Å². The molecule has 1 heteroatoms. The summed E-state index contributed by atoms with van der Waals surface area (Å²) in [4.78, 5) is 0. The molecule has 10 heavy (non-hydrogen) atoms. The van der Waals surface area contributed by atoms with Gasteiger partial charge in [0.2, 0.25) is 0 Å². The Morgan fingerprint density at radius 3 is 2.60 bits per heavy atom. The van der Waals surface area contributed by atoms with Gasteiger partial charge in [0, 0.05) is 5.70 Å². The maximum absolute atomic E-state index is 5.62. The summed E-state index contributed by atoms with van der Waals surface area (Å²) < 4.78 is 0. The molecule has 0 aliphatic heterocycles. The molecule has 0 unspecified atom stereocenters. The molecule has 0 rings (SSSR count). The van der Waals surface area contributed by atoms with Crippen LogP contribution in [-0.2, 0) is 0 Å². The van der Waals surface area contributed by atoms with Crippen LogP contribution < -0.4 is 5.73 Å². The quantitative estimate of drug-likeness (QED) is 0.594. The predicted octanol–water partition coefficient (Wildman–Crippen LogP) is 2.37. The van der Waals surface area contributed by atoms with Crippen LogP contribution in [0.25, 0.3) is 0 Å². The number of allylic oxidation sites excluding steroid dienone is 4. The molecule has 0 aromatic rings. The Morgan fingerprint density at radius 1 is 1.60 bits per heavy atom. The monoisotopic (exact) mass is 137 g/mol. The first-order chi connectivity index (χ1) is 4.72. The lowest BCUT2D eigenvalue weighted by atomic mass is 10.1. The average molecular weight is 137 g/mol. The van der Waals surface area contributed by atoms with Gasteiger partial charge >= 0.3 is 0 Å². The molecule has 1 nitrogen and oxygen atoms in total. The first-order valence-electron chi connectivity index (χ1n) is 3.49. The van der Waals surface area contributed by atoms with Crippen LogP contribution in [0.5, 0.6) is 0 Å². The van der Waals surface area contributed by atoms with Gasteiger partial charge in [-0.1, -0.05) is 25.7 Å². The second-order valence-electron chi connectivity index (χ2n) is 2.10. The smallest absolute Gasteiger partial charge is 0.0340 e. The summed E-state index contributed by atoms with van der Waals surface area (Å²) in [6.45, 7) is 7.80. The first-order valence-corrected chi connectivity index (χ1v) is 3.49. The molecule has 0 aliphatic carbocycles. The van der Waals surface area contributed by atoms with E-state index in [4.69, 9.17) is 5.73 Å². The third-order valence-corrected chi connectivity index (χ3v) is 1.30. The lowest BCUT2D eigenvalue weighted by Gasteiger charge is -1.98. The molecule has 0 saturated carbocycles. The van der Waals surface area contributed by atoms with Crippen LogP contribution in [0.1, 0.15) is 20.3 Å². The molecule has 0 aliphatic rings. The van der Waals surface area contributed by atoms with Gasteiger partial charge in [0.1, 0.15) is 0 Å². The van der Waals surface area contributed by atoms with Gasteiger partial charge in [-0.15, -0.1) is 0 Å². The lowest BCUT2D eigenvalue weighted by molar-refractivity contribution is 1.10. The Kier molecular flexibility index (Phi) is 4.38. The highest BCUT2D eigenvalue weighted by molar-refractivity contribution is 5.27. The average Bonchev–Trinajstić information content (AvgIpc) is 1.98. The lowest BCUT2D eigenvalue weighted by Crippen LogP contribution is -1.98. The maximum Gasteiger partial charge on any atom is 0.0340 e. The highest BCUT2D eigenvalue weighted by Crippen LogP contribution is 2.04. The normalized spacial score (nSPS) is 12.4. The zero-order valence-electron chi connectivity index (χ0n) is 6.72. The van der Waals surface area contributed by atoms with Crippen LogP contribution in [0.15, 0.2) is 36.1 Å². The largest absolute Gasteiger partial charge is 0.399 e.